The van der Waals surface area contributed by atoms with Gasteiger partial charge < -0.3 is 4.84 Å². The lowest BCUT2D eigenvalue weighted by molar-refractivity contribution is -0.173. The first kappa shape index (κ1) is 21.1. The second-order valence-electron chi connectivity index (χ2n) is 8.66. The number of hydrogen-bond acceptors (Lipinski definition) is 5. The van der Waals surface area contributed by atoms with Gasteiger partial charge in [0.15, 0.2) is 0 Å². The van der Waals surface area contributed by atoms with Crippen LogP contribution in [0.3, 0.4) is 0 Å². The topological polar surface area (TPSA) is 66.9 Å². The third kappa shape index (κ3) is 4.05. The van der Waals surface area contributed by atoms with Gasteiger partial charge in [0, 0.05) is 25.6 Å². The number of carbonyl (C=O) groups is 3. The Balaban J connectivity index is 1.38. The van der Waals surface area contributed by atoms with Gasteiger partial charge in [-0.2, -0.15) is 0 Å². The van der Waals surface area contributed by atoms with Crippen molar-refractivity contribution in [1.29, 1.82) is 0 Å². The van der Waals surface area contributed by atoms with E-state index >= 15 is 0 Å². The Bertz CT molecular complexity index is 1170. The molecular weight excluding hydrogens is 416 g/mol. The lowest BCUT2D eigenvalue weighted by Crippen LogP contribution is -2.37. The first-order chi connectivity index (χ1) is 16.0. The standard InChI is InChI=1S/C27H24N2O4/c1-18-11-13-20(14-12-18)23-16-28(15-19-7-3-2-4-8-19)17-24(23)27(32)33-29-25(30)21-9-5-6-10-22(21)26(29)31/h2-14,23-24H,15-17H2,1H3/t23-,24+/m0/s1. The van der Waals surface area contributed by atoms with E-state index in [-0.39, 0.29) is 17.0 Å². The molecule has 0 bridgehead atoms. The summed E-state index contributed by atoms with van der Waals surface area (Å²) in [7, 11) is 0. The maximum atomic E-state index is 13.3. The zero-order valence-corrected chi connectivity index (χ0v) is 18.3. The molecule has 33 heavy (non-hydrogen) atoms. The van der Waals surface area contributed by atoms with Crippen molar-refractivity contribution in [1.82, 2.24) is 9.96 Å². The molecule has 0 N–H and O–H groups in total. The van der Waals surface area contributed by atoms with Crippen LogP contribution in [0.5, 0.6) is 0 Å². The molecule has 1 fully saturated rings. The molecule has 0 radical (unpaired) electrons. The second kappa shape index (κ2) is 8.64. The minimum absolute atomic E-state index is 0.100. The molecule has 6 nitrogen and oxygen atoms in total. The summed E-state index contributed by atoms with van der Waals surface area (Å²) in [5, 5.41) is 0.610. The molecule has 1 saturated heterocycles. The van der Waals surface area contributed by atoms with E-state index in [0.717, 1.165) is 16.7 Å². The van der Waals surface area contributed by atoms with E-state index in [2.05, 4.69) is 17.0 Å². The molecule has 3 aromatic rings. The number of fused-ring (bicyclic) bond motifs is 1. The summed E-state index contributed by atoms with van der Waals surface area (Å²) in [6.45, 7) is 3.89. The van der Waals surface area contributed by atoms with Gasteiger partial charge >= 0.3 is 5.97 Å². The summed E-state index contributed by atoms with van der Waals surface area (Å²) in [4.78, 5) is 46.3. The van der Waals surface area contributed by atoms with Crippen LogP contribution in [0.15, 0.2) is 78.9 Å². The predicted octanol–water partition coefficient (Wildman–Crippen LogP) is 3.97. The SMILES string of the molecule is Cc1ccc([C@@H]2CN(Cc3ccccc3)C[C@H]2C(=O)ON2C(=O)c3ccccc3C2=O)cc1. The number of benzene rings is 3. The van der Waals surface area contributed by atoms with Gasteiger partial charge in [0.2, 0.25) is 0 Å². The molecule has 3 aromatic carbocycles. The number of nitrogens with zero attached hydrogens (tertiary/aromatic N) is 2. The smallest absolute Gasteiger partial charge is 0.329 e. The number of amides is 2. The van der Waals surface area contributed by atoms with Crippen LogP contribution >= 0.6 is 0 Å². The normalized spacial score (nSPS) is 20.2. The molecule has 2 heterocycles. The highest BCUT2D eigenvalue weighted by atomic mass is 16.7. The number of imide groups is 1. The van der Waals surface area contributed by atoms with E-state index in [4.69, 9.17) is 4.84 Å². The van der Waals surface area contributed by atoms with Crippen LogP contribution in [0.25, 0.3) is 0 Å². The van der Waals surface area contributed by atoms with Gasteiger partial charge in [-0.15, -0.1) is 0 Å². The number of hydroxylamine groups is 2. The van der Waals surface area contributed by atoms with Gasteiger partial charge in [0.25, 0.3) is 11.8 Å². The molecule has 2 amide bonds. The van der Waals surface area contributed by atoms with E-state index in [9.17, 15) is 14.4 Å². The third-order valence-electron chi connectivity index (χ3n) is 6.39. The molecule has 2 aliphatic heterocycles. The monoisotopic (exact) mass is 440 g/mol. The summed E-state index contributed by atoms with van der Waals surface area (Å²) in [5.41, 5.74) is 3.85. The zero-order chi connectivity index (χ0) is 22.9. The van der Waals surface area contributed by atoms with Crippen LogP contribution in [0.2, 0.25) is 0 Å². The molecule has 0 aliphatic carbocycles. The maximum absolute atomic E-state index is 13.3. The maximum Gasteiger partial charge on any atom is 0.338 e. The van der Waals surface area contributed by atoms with Gasteiger partial charge in [-0.1, -0.05) is 77.4 Å². The largest absolute Gasteiger partial charge is 0.338 e. The van der Waals surface area contributed by atoms with E-state index in [1.54, 1.807) is 24.3 Å². The summed E-state index contributed by atoms with van der Waals surface area (Å²) in [6, 6.07) is 24.7. The number of carbonyl (C=O) groups excluding carboxylic acids is 3. The molecular formula is C27H24N2O4. The lowest BCUT2D eigenvalue weighted by atomic mass is 9.88. The van der Waals surface area contributed by atoms with Gasteiger partial charge in [-0.25, -0.2) is 4.79 Å². The summed E-state index contributed by atoms with van der Waals surface area (Å²) in [6.07, 6.45) is 0. The predicted molar refractivity (Wildman–Crippen MR) is 122 cm³/mol. The van der Waals surface area contributed by atoms with Crippen molar-refractivity contribution < 1.29 is 19.2 Å². The Hall–Kier alpha value is -3.77. The van der Waals surface area contributed by atoms with Crippen molar-refractivity contribution in [2.24, 2.45) is 5.92 Å². The first-order valence-corrected chi connectivity index (χ1v) is 11.0. The number of aryl methyl sites for hydroxylation is 1. The van der Waals surface area contributed by atoms with Gasteiger partial charge in [0.05, 0.1) is 17.0 Å². The van der Waals surface area contributed by atoms with Crippen molar-refractivity contribution in [2.45, 2.75) is 19.4 Å². The molecule has 0 spiro atoms. The zero-order valence-electron chi connectivity index (χ0n) is 18.3. The van der Waals surface area contributed by atoms with Crippen LogP contribution in [0.4, 0.5) is 0 Å². The molecule has 166 valence electrons. The Morgan fingerprint density at radius 3 is 2.09 bits per heavy atom. The fourth-order valence-electron chi connectivity index (χ4n) is 4.65. The Kier molecular flexibility index (Phi) is 5.52. The summed E-state index contributed by atoms with van der Waals surface area (Å²) in [5.74, 6) is -2.37. The fraction of sp³-hybridized carbons (Fsp3) is 0.222. The number of rotatable bonds is 5. The van der Waals surface area contributed by atoms with E-state index in [1.807, 2.05) is 49.4 Å². The van der Waals surface area contributed by atoms with Crippen LogP contribution in [-0.4, -0.2) is 40.8 Å². The number of likely N-dealkylation sites (tertiary alicyclic amines) is 1. The molecule has 2 aliphatic rings. The average molecular weight is 440 g/mol. The highest BCUT2D eigenvalue weighted by Gasteiger charge is 2.44. The number of hydrogen-bond donors (Lipinski definition) is 0. The first-order valence-electron chi connectivity index (χ1n) is 11.0. The molecule has 5 rings (SSSR count). The van der Waals surface area contributed by atoms with Crippen LogP contribution in [-0.2, 0) is 16.2 Å². The van der Waals surface area contributed by atoms with Crippen molar-refractivity contribution in [3.05, 3.63) is 107 Å². The summed E-state index contributed by atoms with van der Waals surface area (Å²) < 4.78 is 0. The van der Waals surface area contributed by atoms with Gasteiger partial charge in [-0.05, 0) is 30.2 Å². The minimum Gasteiger partial charge on any atom is -0.329 e. The van der Waals surface area contributed by atoms with Gasteiger partial charge in [-0.3, -0.25) is 14.5 Å². The Morgan fingerprint density at radius 2 is 1.45 bits per heavy atom. The van der Waals surface area contributed by atoms with Crippen molar-refractivity contribution >= 4 is 17.8 Å². The quantitative estimate of drug-likeness (QED) is 0.562. The molecule has 0 unspecified atom stereocenters. The lowest BCUT2D eigenvalue weighted by Gasteiger charge is -2.20. The minimum atomic E-state index is -0.602. The van der Waals surface area contributed by atoms with E-state index in [1.165, 1.54) is 0 Å². The van der Waals surface area contributed by atoms with Crippen molar-refractivity contribution in [3.8, 4) is 0 Å². The van der Waals surface area contributed by atoms with Crippen LogP contribution in [0.1, 0.15) is 43.3 Å². The third-order valence-corrected chi connectivity index (χ3v) is 6.39. The van der Waals surface area contributed by atoms with Crippen molar-refractivity contribution in [2.75, 3.05) is 13.1 Å². The molecule has 2 atom stereocenters. The van der Waals surface area contributed by atoms with Crippen molar-refractivity contribution in [3.63, 3.8) is 0 Å². The van der Waals surface area contributed by atoms with E-state index in [0.29, 0.717) is 24.7 Å². The average Bonchev–Trinajstić information content (AvgIpc) is 3.35. The molecule has 6 heteroatoms. The van der Waals surface area contributed by atoms with E-state index < -0.39 is 23.7 Å². The summed E-state index contributed by atoms with van der Waals surface area (Å²) >= 11 is 0. The molecule has 0 saturated carbocycles. The highest BCUT2D eigenvalue weighted by Crippen LogP contribution is 2.35. The molecule has 0 aromatic heterocycles. The van der Waals surface area contributed by atoms with Crippen LogP contribution in [0, 0.1) is 12.8 Å². The highest BCUT2D eigenvalue weighted by molar-refractivity contribution is 6.20. The van der Waals surface area contributed by atoms with Crippen LogP contribution < -0.4 is 0 Å². The Labute approximate surface area is 192 Å². The van der Waals surface area contributed by atoms with Gasteiger partial charge in [0.1, 0.15) is 0 Å². The second-order valence-corrected chi connectivity index (χ2v) is 8.66. The Morgan fingerprint density at radius 1 is 0.848 bits per heavy atom. The fourth-order valence-corrected chi connectivity index (χ4v) is 4.65.